The smallest absolute Gasteiger partial charge is 0.248 e. The van der Waals surface area contributed by atoms with Crippen molar-refractivity contribution in [1.29, 1.82) is 0 Å². The van der Waals surface area contributed by atoms with Crippen LogP contribution in [0.3, 0.4) is 0 Å². The Labute approximate surface area is 183 Å². The first-order valence-electron chi connectivity index (χ1n) is 10.2. The van der Waals surface area contributed by atoms with Gasteiger partial charge in [-0.3, -0.25) is 9.59 Å². The highest BCUT2D eigenvalue weighted by Gasteiger charge is 2.22. The molecule has 1 aromatic heterocycles. The number of carbonyl (C=O) groups excluding carboxylic acids is 2. The summed E-state index contributed by atoms with van der Waals surface area (Å²) < 4.78 is 4.14. The summed E-state index contributed by atoms with van der Waals surface area (Å²) in [5.74, 6) is -0.222. The molecule has 0 radical (unpaired) electrons. The number of hydrogen-bond donors (Lipinski definition) is 2. The number of carbonyl (C=O) groups is 2. The van der Waals surface area contributed by atoms with Gasteiger partial charge in [0.2, 0.25) is 11.8 Å². The molecule has 8 heteroatoms. The maximum atomic E-state index is 12.5. The average Bonchev–Trinajstić information content (AvgIpc) is 3.24. The number of hydrogen-bond acceptors (Lipinski definition) is 5. The molecule has 2 rings (SSSR count). The minimum Gasteiger partial charge on any atom is -0.611 e. The van der Waals surface area contributed by atoms with E-state index in [0.29, 0.717) is 13.0 Å². The number of rotatable bonds is 11. The van der Waals surface area contributed by atoms with Crippen LogP contribution >= 0.6 is 19.3 Å². The highest BCUT2D eigenvalue weighted by molar-refractivity contribution is 7.39. The quantitative estimate of drug-likeness (QED) is 0.404. The second-order valence-corrected chi connectivity index (χ2v) is 9.77. The third-order valence-electron chi connectivity index (χ3n) is 4.43. The van der Waals surface area contributed by atoms with E-state index in [0.717, 1.165) is 12.8 Å². The van der Waals surface area contributed by atoms with Crippen molar-refractivity contribution in [3.8, 4) is 10.4 Å². The van der Waals surface area contributed by atoms with Gasteiger partial charge >= 0.3 is 0 Å². The van der Waals surface area contributed by atoms with E-state index in [1.807, 2.05) is 19.9 Å². The predicted molar refractivity (Wildman–Crippen MR) is 122 cm³/mol. The Bertz CT molecular complexity index is 836. The summed E-state index contributed by atoms with van der Waals surface area (Å²) in [5.41, 5.74) is 2.44. The zero-order valence-electron chi connectivity index (χ0n) is 17.8. The Morgan fingerprint density at radius 2 is 1.90 bits per heavy atom. The van der Waals surface area contributed by atoms with Crippen molar-refractivity contribution in [2.45, 2.75) is 46.1 Å². The lowest BCUT2D eigenvalue weighted by Gasteiger charge is -2.14. The van der Waals surface area contributed by atoms with Gasteiger partial charge in [0.1, 0.15) is 0 Å². The molecule has 2 amide bonds. The summed E-state index contributed by atoms with van der Waals surface area (Å²) >= 11 is 1.72. The molecule has 0 aliphatic carbocycles. The van der Waals surface area contributed by atoms with Crippen molar-refractivity contribution in [2.24, 2.45) is 10.7 Å². The molecular formula is C22H30N3O3PS. The summed E-state index contributed by atoms with van der Waals surface area (Å²) in [7, 11) is -2.01. The van der Waals surface area contributed by atoms with E-state index in [1.165, 1.54) is 22.9 Å². The van der Waals surface area contributed by atoms with E-state index < -0.39 is 14.0 Å². The lowest BCUT2D eigenvalue weighted by Crippen LogP contribution is -2.35. The Kier molecular flexibility index (Phi) is 10.1. The zero-order chi connectivity index (χ0) is 21.9. The number of benzene rings is 1. The van der Waals surface area contributed by atoms with Gasteiger partial charge in [-0.25, -0.2) is 0 Å². The molecule has 0 bridgehead atoms. The van der Waals surface area contributed by atoms with Crippen LogP contribution in [0.4, 0.5) is 0 Å². The van der Waals surface area contributed by atoms with Crippen molar-refractivity contribution in [1.82, 2.24) is 10.6 Å². The standard InChI is InChI=1S/C22H30N3O3PS/c1-16(2)14-20(25-29(28)15-24-17(3)26)22(27)23-12-4-6-18-8-10-19(11-9-18)21-7-5-13-30-21/h5,7-11,13,16,20H,4,6,12,14-15H2,1-3H3,(H,23,27)(H,24,26)/t20-/m0/s1. The van der Waals surface area contributed by atoms with Crippen LogP contribution in [0.15, 0.2) is 46.5 Å². The fraction of sp³-hybridized carbons (Fsp3) is 0.455. The van der Waals surface area contributed by atoms with Crippen molar-refractivity contribution < 1.29 is 14.5 Å². The van der Waals surface area contributed by atoms with Crippen LogP contribution in [-0.4, -0.2) is 30.7 Å². The van der Waals surface area contributed by atoms with Crippen molar-refractivity contribution in [3.63, 3.8) is 0 Å². The molecule has 0 aliphatic rings. The van der Waals surface area contributed by atoms with Gasteiger partial charge in [0.25, 0.3) is 0 Å². The molecule has 0 saturated carbocycles. The predicted octanol–water partition coefficient (Wildman–Crippen LogP) is 3.91. The Morgan fingerprint density at radius 3 is 2.50 bits per heavy atom. The van der Waals surface area contributed by atoms with Crippen LogP contribution in [0.25, 0.3) is 10.4 Å². The van der Waals surface area contributed by atoms with E-state index in [4.69, 9.17) is 0 Å². The third kappa shape index (κ3) is 8.74. The monoisotopic (exact) mass is 447 g/mol. The summed E-state index contributed by atoms with van der Waals surface area (Å²) in [5, 5.41) is 7.46. The van der Waals surface area contributed by atoms with Crippen LogP contribution in [0.2, 0.25) is 0 Å². The topological polar surface area (TPSA) is 93.6 Å². The molecule has 2 N–H and O–H groups in total. The van der Waals surface area contributed by atoms with Gasteiger partial charge in [-0.15, -0.1) is 11.3 Å². The van der Waals surface area contributed by atoms with Gasteiger partial charge in [-0.1, -0.05) is 48.9 Å². The summed E-state index contributed by atoms with van der Waals surface area (Å²) in [6, 6.07) is 12.0. The number of amides is 2. The molecule has 0 spiro atoms. The highest BCUT2D eigenvalue weighted by atomic mass is 32.1. The fourth-order valence-electron chi connectivity index (χ4n) is 2.93. The second-order valence-electron chi connectivity index (χ2n) is 7.57. The highest BCUT2D eigenvalue weighted by Crippen LogP contribution is 2.25. The number of aryl methyl sites for hydroxylation is 1. The van der Waals surface area contributed by atoms with Crippen LogP contribution in [-0.2, 0) is 16.0 Å². The van der Waals surface area contributed by atoms with E-state index in [9.17, 15) is 14.5 Å². The summed E-state index contributed by atoms with van der Waals surface area (Å²) in [6.45, 7) is 5.89. The molecule has 30 heavy (non-hydrogen) atoms. The minimum absolute atomic E-state index is 0.0337. The number of nitrogens with zero attached hydrogens (tertiary/aromatic N) is 1. The van der Waals surface area contributed by atoms with Crippen LogP contribution in [0, 0.1) is 5.92 Å². The van der Waals surface area contributed by atoms with Crippen LogP contribution in [0.5, 0.6) is 0 Å². The molecule has 1 aromatic carbocycles. The Balaban J connectivity index is 1.81. The molecular weight excluding hydrogens is 417 g/mol. The maximum absolute atomic E-state index is 12.5. The molecule has 162 valence electrons. The third-order valence-corrected chi connectivity index (χ3v) is 6.31. The molecule has 6 nitrogen and oxygen atoms in total. The van der Waals surface area contributed by atoms with E-state index in [1.54, 1.807) is 11.3 Å². The molecule has 2 aromatic rings. The minimum atomic E-state index is -2.01. The fourth-order valence-corrected chi connectivity index (χ4v) is 4.61. The zero-order valence-corrected chi connectivity index (χ0v) is 19.5. The molecule has 1 unspecified atom stereocenters. The van der Waals surface area contributed by atoms with Crippen molar-refractivity contribution >= 4 is 31.1 Å². The van der Waals surface area contributed by atoms with Gasteiger partial charge in [0, 0.05) is 18.3 Å². The second kappa shape index (κ2) is 12.6. The maximum Gasteiger partial charge on any atom is 0.248 e. The van der Waals surface area contributed by atoms with Crippen LogP contribution < -0.4 is 15.5 Å². The average molecular weight is 448 g/mol. The van der Waals surface area contributed by atoms with Crippen molar-refractivity contribution in [2.75, 3.05) is 12.8 Å². The lowest BCUT2D eigenvalue weighted by molar-refractivity contribution is -0.157. The molecule has 2 atom stereocenters. The van der Waals surface area contributed by atoms with Gasteiger partial charge in [-0.05, 0) is 47.8 Å². The lowest BCUT2D eigenvalue weighted by atomic mass is 10.0. The van der Waals surface area contributed by atoms with E-state index >= 15 is 0 Å². The molecule has 0 saturated heterocycles. The Hall–Kier alpha value is -2.08. The number of nitrogens with one attached hydrogen (secondary N) is 2. The first-order chi connectivity index (χ1) is 14.3. The van der Waals surface area contributed by atoms with Crippen molar-refractivity contribution in [3.05, 3.63) is 47.3 Å². The van der Waals surface area contributed by atoms with Crippen LogP contribution in [0.1, 0.15) is 39.2 Å². The largest absolute Gasteiger partial charge is 0.611 e. The van der Waals surface area contributed by atoms with E-state index in [-0.39, 0.29) is 24.0 Å². The van der Waals surface area contributed by atoms with Gasteiger partial charge < -0.3 is 15.5 Å². The van der Waals surface area contributed by atoms with Gasteiger partial charge in [-0.2, -0.15) is 0 Å². The summed E-state index contributed by atoms with van der Waals surface area (Å²) in [4.78, 5) is 36.8. The Morgan fingerprint density at radius 1 is 1.17 bits per heavy atom. The molecule has 0 aliphatic heterocycles. The SMILES string of the molecule is CC(=O)NC[P+]([O-])=N[C@@H](CC(C)C)C(=O)NCCCc1ccc(-c2cccs2)cc1. The molecule has 0 fully saturated rings. The molecule has 1 heterocycles. The summed E-state index contributed by atoms with van der Waals surface area (Å²) in [6.07, 6.45) is 2.18. The normalized spacial score (nSPS) is 12.6. The first kappa shape index (κ1) is 24.2. The van der Waals surface area contributed by atoms with E-state index in [2.05, 4.69) is 51.1 Å². The van der Waals surface area contributed by atoms with Gasteiger partial charge in [0.05, 0.1) is 0 Å². The number of thiophene rings is 1. The first-order valence-corrected chi connectivity index (χ1v) is 12.4. The van der Waals surface area contributed by atoms with Gasteiger partial charge in [0.15, 0.2) is 20.3 Å².